The van der Waals surface area contributed by atoms with Gasteiger partial charge in [-0.3, -0.25) is 0 Å². The van der Waals surface area contributed by atoms with Gasteiger partial charge in [-0.15, -0.1) is 0 Å². The fourth-order valence-corrected chi connectivity index (χ4v) is 1.78. The van der Waals surface area contributed by atoms with Crippen molar-refractivity contribution in [1.29, 1.82) is 0 Å². The summed E-state index contributed by atoms with van der Waals surface area (Å²) in [4.78, 5) is 0. The number of benzene rings is 1. The quantitative estimate of drug-likeness (QED) is 0.823. The van der Waals surface area contributed by atoms with E-state index in [1.54, 1.807) is 12.1 Å². The molecule has 1 fully saturated rings. The Morgan fingerprint density at radius 2 is 2.27 bits per heavy atom. The van der Waals surface area contributed by atoms with E-state index in [0.29, 0.717) is 12.2 Å². The first-order valence-electron chi connectivity index (χ1n) is 5.28. The lowest BCUT2D eigenvalue weighted by Crippen LogP contribution is -2.31. The summed E-state index contributed by atoms with van der Waals surface area (Å²) in [5.74, 6) is -0.188. The second-order valence-electron chi connectivity index (χ2n) is 4.26. The molecule has 1 aliphatic heterocycles. The highest BCUT2D eigenvalue weighted by molar-refractivity contribution is 5.16. The van der Waals surface area contributed by atoms with Crippen LogP contribution in [-0.2, 0) is 11.3 Å². The van der Waals surface area contributed by atoms with Gasteiger partial charge in [0.15, 0.2) is 0 Å². The van der Waals surface area contributed by atoms with Crippen molar-refractivity contribution >= 4 is 0 Å². The maximum absolute atomic E-state index is 13.3. The van der Waals surface area contributed by atoms with E-state index in [2.05, 4.69) is 12.2 Å². The van der Waals surface area contributed by atoms with Gasteiger partial charge in [-0.25, -0.2) is 4.39 Å². The van der Waals surface area contributed by atoms with Gasteiger partial charge in [-0.05, 0) is 26.0 Å². The second-order valence-corrected chi connectivity index (χ2v) is 4.26. The smallest absolute Gasteiger partial charge is 0.128 e. The molecule has 0 amide bonds. The van der Waals surface area contributed by atoms with Crippen LogP contribution >= 0.6 is 0 Å². The monoisotopic (exact) mass is 209 g/mol. The predicted octanol–water partition coefficient (Wildman–Crippen LogP) is 2.09. The highest BCUT2D eigenvalue weighted by Gasteiger charge is 2.29. The number of hydrogen-bond donors (Lipinski definition) is 1. The molecule has 1 N–H and O–H groups in total. The molecule has 0 aliphatic carbocycles. The van der Waals surface area contributed by atoms with Crippen molar-refractivity contribution in [2.75, 3.05) is 13.1 Å². The molecule has 2 rings (SSSR count). The van der Waals surface area contributed by atoms with Crippen molar-refractivity contribution in [3.63, 3.8) is 0 Å². The molecule has 3 heteroatoms. The molecule has 0 aromatic heterocycles. The zero-order valence-electron chi connectivity index (χ0n) is 8.92. The molecular weight excluding hydrogens is 193 g/mol. The molecule has 15 heavy (non-hydrogen) atoms. The molecule has 1 aromatic rings. The van der Waals surface area contributed by atoms with Crippen LogP contribution < -0.4 is 5.32 Å². The fourth-order valence-electron chi connectivity index (χ4n) is 1.78. The topological polar surface area (TPSA) is 21.3 Å². The SMILES string of the molecule is CC1(OCc2ccccc2F)CCNC1. The molecule has 1 saturated heterocycles. The van der Waals surface area contributed by atoms with Gasteiger partial charge in [0.1, 0.15) is 5.82 Å². The molecule has 2 nitrogen and oxygen atoms in total. The fraction of sp³-hybridized carbons (Fsp3) is 0.500. The van der Waals surface area contributed by atoms with E-state index in [-0.39, 0.29) is 11.4 Å². The van der Waals surface area contributed by atoms with Crippen LogP contribution in [0, 0.1) is 5.82 Å². The molecule has 1 aliphatic rings. The third kappa shape index (κ3) is 2.55. The van der Waals surface area contributed by atoms with Crippen LogP contribution in [0.5, 0.6) is 0 Å². The Balaban J connectivity index is 1.95. The van der Waals surface area contributed by atoms with Crippen LogP contribution in [0.2, 0.25) is 0 Å². The number of halogens is 1. The van der Waals surface area contributed by atoms with E-state index < -0.39 is 0 Å². The highest BCUT2D eigenvalue weighted by Crippen LogP contribution is 2.21. The molecular formula is C12H16FNO. The zero-order chi connectivity index (χ0) is 10.7. The van der Waals surface area contributed by atoms with Crippen molar-refractivity contribution in [2.45, 2.75) is 25.6 Å². The Kier molecular flexibility index (Phi) is 3.03. The van der Waals surface area contributed by atoms with Gasteiger partial charge in [0, 0.05) is 12.1 Å². The molecule has 1 aromatic carbocycles. The molecule has 0 bridgehead atoms. The summed E-state index contributed by atoms with van der Waals surface area (Å²) in [7, 11) is 0. The number of hydrogen-bond acceptors (Lipinski definition) is 2. The van der Waals surface area contributed by atoms with Crippen LogP contribution in [0.4, 0.5) is 4.39 Å². The Hall–Kier alpha value is -0.930. The van der Waals surface area contributed by atoms with E-state index in [1.807, 2.05) is 6.07 Å². The molecule has 0 spiro atoms. The minimum absolute atomic E-state index is 0.137. The lowest BCUT2D eigenvalue weighted by Gasteiger charge is -2.23. The largest absolute Gasteiger partial charge is 0.369 e. The van der Waals surface area contributed by atoms with Crippen molar-refractivity contribution in [3.8, 4) is 0 Å². The van der Waals surface area contributed by atoms with E-state index in [9.17, 15) is 4.39 Å². The molecule has 0 radical (unpaired) electrons. The van der Waals surface area contributed by atoms with Crippen molar-refractivity contribution in [2.24, 2.45) is 0 Å². The van der Waals surface area contributed by atoms with Crippen LogP contribution in [-0.4, -0.2) is 18.7 Å². The Morgan fingerprint density at radius 3 is 2.93 bits per heavy atom. The first-order valence-corrected chi connectivity index (χ1v) is 5.28. The van der Waals surface area contributed by atoms with Gasteiger partial charge in [0.05, 0.1) is 12.2 Å². The number of ether oxygens (including phenoxy) is 1. The van der Waals surface area contributed by atoms with Crippen molar-refractivity contribution in [1.82, 2.24) is 5.32 Å². The van der Waals surface area contributed by atoms with E-state index >= 15 is 0 Å². The lowest BCUT2D eigenvalue weighted by molar-refractivity contribution is -0.0289. The van der Waals surface area contributed by atoms with Crippen molar-refractivity contribution < 1.29 is 9.13 Å². The van der Waals surface area contributed by atoms with Crippen LogP contribution in [0.3, 0.4) is 0 Å². The van der Waals surface area contributed by atoms with Gasteiger partial charge >= 0.3 is 0 Å². The van der Waals surface area contributed by atoms with Gasteiger partial charge in [-0.2, -0.15) is 0 Å². The summed E-state index contributed by atoms with van der Waals surface area (Å²) >= 11 is 0. The molecule has 1 heterocycles. The summed E-state index contributed by atoms with van der Waals surface area (Å²) in [6, 6.07) is 6.75. The van der Waals surface area contributed by atoms with E-state index in [1.165, 1.54) is 6.07 Å². The summed E-state index contributed by atoms with van der Waals surface area (Å²) in [6.45, 7) is 4.24. The normalized spacial score (nSPS) is 25.7. The summed E-state index contributed by atoms with van der Waals surface area (Å²) in [5.41, 5.74) is 0.494. The third-order valence-electron chi connectivity index (χ3n) is 2.86. The molecule has 1 atom stereocenters. The lowest BCUT2D eigenvalue weighted by atomic mass is 10.1. The van der Waals surface area contributed by atoms with E-state index in [4.69, 9.17) is 4.74 Å². The first-order chi connectivity index (χ1) is 7.20. The number of nitrogens with one attached hydrogen (secondary N) is 1. The van der Waals surface area contributed by atoms with Gasteiger partial charge < -0.3 is 10.1 Å². The summed E-state index contributed by atoms with van der Waals surface area (Å²) < 4.78 is 19.0. The van der Waals surface area contributed by atoms with Gasteiger partial charge in [0.2, 0.25) is 0 Å². The molecule has 1 unspecified atom stereocenters. The highest BCUT2D eigenvalue weighted by atomic mass is 19.1. The van der Waals surface area contributed by atoms with Crippen LogP contribution in [0.1, 0.15) is 18.9 Å². The average molecular weight is 209 g/mol. The maximum atomic E-state index is 13.3. The zero-order valence-corrected chi connectivity index (χ0v) is 8.92. The van der Waals surface area contributed by atoms with Crippen LogP contribution in [0.25, 0.3) is 0 Å². The first kappa shape index (κ1) is 10.6. The summed E-state index contributed by atoms with van der Waals surface area (Å²) in [5, 5.41) is 3.24. The third-order valence-corrected chi connectivity index (χ3v) is 2.86. The average Bonchev–Trinajstić information content (AvgIpc) is 2.65. The van der Waals surface area contributed by atoms with Crippen molar-refractivity contribution in [3.05, 3.63) is 35.6 Å². The Bertz CT molecular complexity index is 334. The van der Waals surface area contributed by atoms with Gasteiger partial charge in [0.25, 0.3) is 0 Å². The standard InChI is InChI=1S/C12H16FNO/c1-12(6-7-14-9-12)15-8-10-4-2-3-5-11(10)13/h2-5,14H,6-9H2,1H3. The minimum Gasteiger partial charge on any atom is -0.369 e. The number of rotatable bonds is 3. The maximum Gasteiger partial charge on any atom is 0.128 e. The Labute approximate surface area is 89.4 Å². The molecule has 0 saturated carbocycles. The van der Waals surface area contributed by atoms with E-state index in [0.717, 1.165) is 19.5 Å². The Morgan fingerprint density at radius 1 is 1.47 bits per heavy atom. The summed E-state index contributed by atoms with van der Waals surface area (Å²) in [6.07, 6.45) is 0.988. The minimum atomic E-state index is -0.188. The predicted molar refractivity (Wildman–Crippen MR) is 57.1 cm³/mol. The second kappa shape index (κ2) is 4.29. The van der Waals surface area contributed by atoms with Gasteiger partial charge in [-0.1, -0.05) is 18.2 Å². The molecule has 82 valence electrons. The van der Waals surface area contributed by atoms with Crippen LogP contribution in [0.15, 0.2) is 24.3 Å².